The van der Waals surface area contributed by atoms with Crippen LogP contribution in [0.1, 0.15) is 69.7 Å². The monoisotopic (exact) mass is 341 g/mol. The summed E-state index contributed by atoms with van der Waals surface area (Å²) in [5.41, 5.74) is 0.291. The molecule has 0 unspecified atom stereocenters. The number of halogens is 1. The Kier molecular flexibility index (Phi) is 7.69. The van der Waals surface area contributed by atoms with Gasteiger partial charge in [0.2, 0.25) is 0 Å². The fraction of sp³-hybridized carbons (Fsp3) is 0.611. The normalized spacial score (nSPS) is 11.5. The van der Waals surface area contributed by atoms with Crippen molar-refractivity contribution >= 4 is 17.5 Å². The molecule has 4 nitrogen and oxygen atoms in total. The van der Waals surface area contributed by atoms with E-state index in [9.17, 15) is 15.0 Å². The van der Waals surface area contributed by atoms with E-state index in [4.69, 9.17) is 11.6 Å². The fourth-order valence-corrected chi connectivity index (χ4v) is 3.57. The molecule has 0 aromatic heterocycles. The predicted octanol–water partition coefficient (Wildman–Crippen LogP) is 4.87. The van der Waals surface area contributed by atoms with Crippen LogP contribution in [0.5, 0.6) is 11.5 Å². The van der Waals surface area contributed by atoms with Crippen molar-refractivity contribution in [1.29, 1.82) is 0 Å². The summed E-state index contributed by atoms with van der Waals surface area (Å²) in [7, 11) is 0. The van der Waals surface area contributed by atoms with Gasteiger partial charge in [-0.05, 0) is 36.8 Å². The Balaban J connectivity index is 2.88. The molecule has 0 bridgehead atoms. The van der Waals surface area contributed by atoms with E-state index >= 15 is 0 Å². The number of carbonyl (C=O) groups is 1. The Labute approximate surface area is 143 Å². The van der Waals surface area contributed by atoms with Crippen molar-refractivity contribution in [3.63, 3.8) is 0 Å². The number of carbonyl (C=O) groups excluding carboxylic acids is 1. The molecule has 0 aliphatic rings. The van der Waals surface area contributed by atoms with Crippen molar-refractivity contribution in [3.8, 4) is 11.5 Å². The van der Waals surface area contributed by atoms with Crippen LogP contribution in [-0.2, 0) is 0 Å². The van der Waals surface area contributed by atoms with Gasteiger partial charge in [0.15, 0.2) is 11.5 Å². The smallest absolute Gasteiger partial charge is 0.252 e. The summed E-state index contributed by atoms with van der Waals surface area (Å²) in [5.74, 6) is -1.11. The minimum atomic E-state index is -0.457. The van der Waals surface area contributed by atoms with Crippen LogP contribution in [0.4, 0.5) is 0 Å². The summed E-state index contributed by atoms with van der Waals surface area (Å²) in [6.45, 7) is 7.09. The van der Waals surface area contributed by atoms with Gasteiger partial charge in [-0.3, -0.25) is 4.79 Å². The molecule has 1 amide bonds. The molecule has 5 heteroatoms. The van der Waals surface area contributed by atoms with Gasteiger partial charge in [-0.15, -0.1) is 0 Å². The minimum Gasteiger partial charge on any atom is -0.504 e. The number of hydrogen-bond acceptors (Lipinski definition) is 3. The SMILES string of the molecule is CCCC(CCC)(CCC)CNC(=O)c1ccc(O)c(O)c1Cl. The summed E-state index contributed by atoms with van der Waals surface area (Å²) < 4.78 is 0. The topological polar surface area (TPSA) is 69.6 Å². The van der Waals surface area contributed by atoms with E-state index in [0.717, 1.165) is 38.5 Å². The third-order valence-corrected chi connectivity index (χ3v) is 4.69. The molecule has 1 aromatic carbocycles. The van der Waals surface area contributed by atoms with E-state index in [1.807, 2.05) is 0 Å². The molecule has 0 saturated carbocycles. The second-order valence-electron chi connectivity index (χ2n) is 6.23. The molecule has 0 heterocycles. The van der Waals surface area contributed by atoms with Crippen molar-refractivity contribution in [2.24, 2.45) is 5.41 Å². The summed E-state index contributed by atoms with van der Waals surface area (Å²) in [6.07, 6.45) is 6.46. The lowest BCUT2D eigenvalue weighted by molar-refractivity contribution is 0.0914. The van der Waals surface area contributed by atoms with E-state index in [0.29, 0.717) is 6.54 Å². The molecule has 0 spiro atoms. The van der Waals surface area contributed by atoms with E-state index in [1.165, 1.54) is 12.1 Å². The average molecular weight is 342 g/mol. The van der Waals surface area contributed by atoms with Gasteiger partial charge in [0.25, 0.3) is 5.91 Å². The van der Waals surface area contributed by atoms with Crippen LogP contribution < -0.4 is 5.32 Å². The third kappa shape index (κ3) is 5.03. The van der Waals surface area contributed by atoms with Crippen molar-refractivity contribution in [2.75, 3.05) is 6.54 Å². The van der Waals surface area contributed by atoms with Gasteiger partial charge in [0, 0.05) is 6.54 Å². The summed E-state index contributed by atoms with van der Waals surface area (Å²) in [4.78, 5) is 12.4. The molecule has 23 heavy (non-hydrogen) atoms. The van der Waals surface area contributed by atoms with E-state index in [-0.39, 0.29) is 27.7 Å². The first-order chi connectivity index (χ1) is 10.9. The molecule has 3 N–H and O–H groups in total. The Hall–Kier alpha value is -1.42. The summed E-state index contributed by atoms with van der Waals surface area (Å²) >= 11 is 5.96. The van der Waals surface area contributed by atoms with Crippen LogP contribution in [0.2, 0.25) is 5.02 Å². The van der Waals surface area contributed by atoms with Gasteiger partial charge in [0.05, 0.1) is 10.6 Å². The number of hydrogen-bond donors (Lipinski definition) is 3. The number of phenolic OH excluding ortho intramolecular Hbond substituents is 2. The average Bonchev–Trinajstić information content (AvgIpc) is 2.51. The number of nitrogens with one attached hydrogen (secondary N) is 1. The molecule has 0 saturated heterocycles. The van der Waals surface area contributed by atoms with Gasteiger partial charge in [-0.25, -0.2) is 0 Å². The minimum absolute atomic E-state index is 0.110. The first kappa shape index (κ1) is 19.6. The van der Waals surface area contributed by atoms with Crippen LogP contribution in [-0.4, -0.2) is 22.7 Å². The highest BCUT2D eigenvalue weighted by molar-refractivity contribution is 6.35. The lowest BCUT2D eigenvalue weighted by Crippen LogP contribution is -2.37. The largest absolute Gasteiger partial charge is 0.504 e. The molecule has 1 rings (SSSR count). The van der Waals surface area contributed by atoms with E-state index in [2.05, 4.69) is 26.1 Å². The zero-order valence-electron chi connectivity index (χ0n) is 14.3. The summed E-state index contributed by atoms with van der Waals surface area (Å²) in [6, 6.07) is 2.70. The predicted molar refractivity (Wildman–Crippen MR) is 94.3 cm³/mol. The van der Waals surface area contributed by atoms with Crippen LogP contribution in [0, 0.1) is 5.41 Å². The summed E-state index contributed by atoms with van der Waals surface area (Å²) in [5, 5.41) is 21.9. The highest BCUT2D eigenvalue weighted by Gasteiger charge is 2.28. The molecular formula is C18H28ClNO3. The number of rotatable bonds is 9. The van der Waals surface area contributed by atoms with Gasteiger partial charge in [-0.2, -0.15) is 0 Å². The van der Waals surface area contributed by atoms with Gasteiger partial charge < -0.3 is 15.5 Å². The fourth-order valence-electron chi connectivity index (χ4n) is 3.32. The molecule has 0 fully saturated rings. The Morgan fingerprint density at radius 2 is 1.61 bits per heavy atom. The third-order valence-electron chi connectivity index (χ3n) is 4.30. The second-order valence-corrected chi connectivity index (χ2v) is 6.61. The molecule has 130 valence electrons. The number of amides is 1. The van der Waals surface area contributed by atoms with Gasteiger partial charge >= 0.3 is 0 Å². The van der Waals surface area contributed by atoms with Crippen LogP contribution >= 0.6 is 11.6 Å². The van der Waals surface area contributed by atoms with Crippen LogP contribution in [0.3, 0.4) is 0 Å². The van der Waals surface area contributed by atoms with Crippen molar-refractivity contribution in [1.82, 2.24) is 5.32 Å². The molecule has 0 atom stereocenters. The van der Waals surface area contributed by atoms with Crippen LogP contribution in [0.15, 0.2) is 12.1 Å². The lowest BCUT2D eigenvalue weighted by atomic mass is 9.75. The van der Waals surface area contributed by atoms with Gasteiger partial charge in [-0.1, -0.05) is 51.6 Å². The maximum Gasteiger partial charge on any atom is 0.252 e. The highest BCUT2D eigenvalue weighted by Crippen LogP contribution is 2.36. The standard InChI is InChI=1S/C18H28ClNO3/c1-4-9-18(10-5-2,11-6-3)12-20-17(23)13-7-8-14(21)16(22)15(13)19/h7-8,21-22H,4-6,9-12H2,1-3H3,(H,20,23). The maximum atomic E-state index is 12.4. The molecule has 1 aromatic rings. The zero-order chi connectivity index (χ0) is 17.5. The number of aromatic hydroxyl groups is 2. The zero-order valence-corrected chi connectivity index (χ0v) is 15.0. The van der Waals surface area contributed by atoms with Crippen molar-refractivity contribution in [3.05, 3.63) is 22.7 Å². The number of phenols is 2. The highest BCUT2D eigenvalue weighted by atomic mass is 35.5. The van der Waals surface area contributed by atoms with E-state index in [1.54, 1.807) is 0 Å². The first-order valence-electron chi connectivity index (χ1n) is 8.39. The lowest BCUT2D eigenvalue weighted by Gasteiger charge is -2.34. The molecule has 0 aliphatic heterocycles. The van der Waals surface area contributed by atoms with Crippen molar-refractivity contribution in [2.45, 2.75) is 59.3 Å². The Morgan fingerprint density at radius 3 is 2.09 bits per heavy atom. The second kappa shape index (κ2) is 9.02. The Morgan fingerprint density at radius 1 is 1.09 bits per heavy atom. The number of benzene rings is 1. The van der Waals surface area contributed by atoms with Gasteiger partial charge in [0.1, 0.15) is 0 Å². The van der Waals surface area contributed by atoms with E-state index < -0.39 is 5.75 Å². The van der Waals surface area contributed by atoms with Crippen molar-refractivity contribution < 1.29 is 15.0 Å². The molecule has 0 aliphatic carbocycles. The maximum absolute atomic E-state index is 12.4. The quantitative estimate of drug-likeness (QED) is 0.561. The first-order valence-corrected chi connectivity index (χ1v) is 8.77. The Bertz CT molecular complexity index is 514. The van der Waals surface area contributed by atoms with Crippen LogP contribution in [0.25, 0.3) is 0 Å². The molecular weight excluding hydrogens is 314 g/mol. The molecule has 0 radical (unpaired) electrons.